The highest BCUT2D eigenvalue weighted by molar-refractivity contribution is 5.86. The first-order chi connectivity index (χ1) is 10.8. The Labute approximate surface area is 137 Å². The summed E-state index contributed by atoms with van der Waals surface area (Å²) in [5, 5.41) is 0. The molecule has 1 aliphatic carbocycles. The lowest BCUT2D eigenvalue weighted by Crippen LogP contribution is -2.48. The van der Waals surface area contributed by atoms with Gasteiger partial charge in [-0.1, -0.05) is 24.3 Å². The van der Waals surface area contributed by atoms with Crippen molar-refractivity contribution < 1.29 is 19.1 Å². The molecule has 1 aliphatic rings. The van der Waals surface area contributed by atoms with E-state index in [1.54, 1.807) is 4.90 Å². The third-order valence-electron chi connectivity index (χ3n) is 4.30. The van der Waals surface area contributed by atoms with E-state index in [-0.39, 0.29) is 12.1 Å². The van der Waals surface area contributed by atoms with Crippen LogP contribution >= 0.6 is 0 Å². The van der Waals surface area contributed by atoms with Crippen LogP contribution < -0.4 is 0 Å². The Hall–Kier alpha value is -2.04. The van der Waals surface area contributed by atoms with Crippen LogP contribution in [-0.2, 0) is 26.3 Å². The topological polar surface area (TPSA) is 55.8 Å². The Balaban J connectivity index is 2.39. The number of hydrogen-bond acceptors (Lipinski definition) is 4. The molecule has 126 valence electrons. The van der Waals surface area contributed by atoms with Gasteiger partial charge >= 0.3 is 12.1 Å². The molecule has 0 radical (unpaired) electrons. The highest BCUT2D eigenvalue weighted by Gasteiger charge is 2.51. The van der Waals surface area contributed by atoms with Gasteiger partial charge in [0, 0.05) is 24.1 Å². The van der Waals surface area contributed by atoms with Crippen LogP contribution in [0, 0.1) is 0 Å². The van der Waals surface area contributed by atoms with Crippen molar-refractivity contribution in [1.29, 1.82) is 0 Å². The van der Waals surface area contributed by atoms with E-state index in [1.807, 2.05) is 52.0 Å². The average molecular weight is 319 g/mol. The van der Waals surface area contributed by atoms with Gasteiger partial charge in [0.15, 0.2) is 0 Å². The van der Waals surface area contributed by atoms with Gasteiger partial charge < -0.3 is 14.4 Å². The molecule has 1 amide bonds. The first kappa shape index (κ1) is 17.3. The number of amides is 1. The molecule has 1 atom stereocenters. The van der Waals surface area contributed by atoms with E-state index in [9.17, 15) is 9.59 Å². The van der Waals surface area contributed by atoms with Crippen molar-refractivity contribution in [2.45, 2.75) is 58.2 Å². The standard InChI is InChI=1S/C18H25NO4/c1-12(2)19(13(3)4)17(21)23-18(16(20)22-5)11-10-14-8-6-7-9-15(14)18/h6-9,12-13H,10-11H2,1-5H3/t18-/m0/s1. The lowest BCUT2D eigenvalue weighted by molar-refractivity contribution is -0.165. The van der Waals surface area contributed by atoms with E-state index >= 15 is 0 Å². The van der Waals surface area contributed by atoms with Gasteiger partial charge in [0.05, 0.1) is 7.11 Å². The molecular weight excluding hydrogens is 294 g/mol. The van der Waals surface area contributed by atoms with Gasteiger partial charge in [0.25, 0.3) is 0 Å². The molecule has 0 spiro atoms. The summed E-state index contributed by atoms with van der Waals surface area (Å²) in [6.07, 6.45) is 0.605. The van der Waals surface area contributed by atoms with Crippen LogP contribution in [0.5, 0.6) is 0 Å². The first-order valence-electron chi connectivity index (χ1n) is 8.01. The molecule has 1 aromatic rings. The molecular formula is C18H25NO4. The summed E-state index contributed by atoms with van der Waals surface area (Å²) in [6, 6.07) is 7.52. The van der Waals surface area contributed by atoms with Crippen LogP contribution in [0.25, 0.3) is 0 Å². The van der Waals surface area contributed by atoms with Crippen molar-refractivity contribution in [2.75, 3.05) is 7.11 Å². The molecule has 1 aromatic carbocycles. The molecule has 2 rings (SSSR count). The van der Waals surface area contributed by atoms with Crippen molar-refractivity contribution in [3.05, 3.63) is 35.4 Å². The molecule has 0 aromatic heterocycles. The average Bonchev–Trinajstić information content (AvgIpc) is 2.86. The zero-order valence-electron chi connectivity index (χ0n) is 14.5. The highest BCUT2D eigenvalue weighted by atomic mass is 16.6. The van der Waals surface area contributed by atoms with E-state index < -0.39 is 17.7 Å². The van der Waals surface area contributed by atoms with E-state index in [1.165, 1.54) is 7.11 Å². The molecule has 0 aliphatic heterocycles. The summed E-state index contributed by atoms with van der Waals surface area (Å²) in [5.74, 6) is -0.525. The zero-order valence-corrected chi connectivity index (χ0v) is 14.5. The fourth-order valence-corrected chi connectivity index (χ4v) is 3.32. The van der Waals surface area contributed by atoms with Crippen molar-refractivity contribution in [3.63, 3.8) is 0 Å². The summed E-state index contributed by atoms with van der Waals surface area (Å²) < 4.78 is 10.7. The van der Waals surface area contributed by atoms with Crippen molar-refractivity contribution in [3.8, 4) is 0 Å². The zero-order chi connectivity index (χ0) is 17.2. The maximum atomic E-state index is 12.7. The van der Waals surface area contributed by atoms with Gasteiger partial charge in [-0.05, 0) is 39.7 Å². The number of carbonyl (C=O) groups excluding carboxylic acids is 2. The summed E-state index contributed by atoms with van der Waals surface area (Å²) in [6.45, 7) is 7.70. The third kappa shape index (κ3) is 3.05. The minimum atomic E-state index is -1.34. The van der Waals surface area contributed by atoms with E-state index in [0.717, 1.165) is 11.1 Å². The number of hydrogen-bond donors (Lipinski definition) is 0. The monoisotopic (exact) mass is 319 g/mol. The normalized spacial score (nSPS) is 19.6. The second-order valence-electron chi connectivity index (χ2n) is 6.44. The van der Waals surface area contributed by atoms with Crippen molar-refractivity contribution >= 4 is 12.1 Å². The highest BCUT2D eigenvalue weighted by Crippen LogP contribution is 2.41. The number of nitrogens with zero attached hydrogens (tertiary/aromatic N) is 1. The summed E-state index contributed by atoms with van der Waals surface area (Å²) in [7, 11) is 1.32. The Morgan fingerprint density at radius 2 is 1.74 bits per heavy atom. The molecule has 0 saturated heterocycles. The maximum absolute atomic E-state index is 12.7. The van der Waals surface area contributed by atoms with E-state index in [0.29, 0.717) is 12.8 Å². The second-order valence-corrected chi connectivity index (χ2v) is 6.44. The number of rotatable bonds is 4. The van der Waals surface area contributed by atoms with Gasteiger partial charge in [-0.2, -0.15) is 0 Å². The molecule has 5 nitrogen and oxygen atoms in total. The fraction of sp³-hybridized carbons (Fsp3) is 0.556. The number of methoxy groups -OCH3 is 1. The minimum Gasteiger partial charge on any atom is -0.466 e. The molecule has 0 saturated carbocycles. The smallest absolute Gasteiger partial charge is 0.411 e. The fourth-order valence-electron chi connectivity index (χ4n) is 3.32. The summed E-state index contributed by atoms with van der Waals surface area (Å²) in [5.41, 5.74) is 0.406. The molecule has 23 heavy (non-hydrogen) atoms. The number of carbonyl (C=O) groups is 2. The second kappa shape index (κ2) is 6.60. The van der Waals surface area contributed by atoms with Crippen molar-refractivity contribution in [2.24, 2.45) is 0 Å². The molecule has 0 unspecified atom stereocenters. The van der Waals surface area contributed by atoms with Crippen LogP contribution in [0.1, 0.15) is 45.2 Å². The van der Waals surface area contributed by atoms with E-state index in [4.69, 9.17) is 9.47 Å². The minimum absolute atomic E-state index is 0.0196. The summed E-state index contributed by atoms with van der Waals surface area (Å²) in [4.78, 5) is 26.8. The van der Waals surface area contributed by atoms with Gasteiger partial charge in [0.2, 0.25) is 5.60 Å². The van der Waals surface area contributed by atoms with E-state index in [2.05, 4.69) is 0 Å². The lowest BCUT2D eigenvalue weighted by Gasteiger charge is -2.34. The number of benzene rings is 1. The SMILES string of the molecule is COC(=O)[C@]1(OC(=O)N(C(C)C)C(C)C)CCc2ccccc21. The molecule has 5 heteroatoms. The van der Waals surface area contributed by atoms with Gasteiger partial charge in [-0.25, -0.2) is 9.59 Å². The van der Waals surface area contributed by atoms with Crippen LogP contribution in [0.4, 0.5) is 4.79 Å². The Kier molecular flexibility index (Phi) is 4.97. The maximum Gasteiger partial charge on any atom is 0.411 e. The molecule has 0 bridgehead atoms. The lowest BCUT2D eigenvalue weighted by atomic mass is 9.96. The third-order valence-corrected chi connectivity index (χ3v) is 4.30. The van der Waals surface area contributed by atoms with Crippen LogP contribution in [0.2, 0.25) is 0 Å². The Morgan fingerprint density at radius 1 is 1.13 bits per heavy atom. The Bertz CT molecular complexity index is 588. The molecule has 0 fully saturated rings. The summed E-state index contributed by atoms with van der Waals surface area (Å²) >= 11 is 0. The van der Waals surface area contributed by atoms with Crippen LogP contribution in [0.3, 0.4) is 0 Å². The predicted octanol–water partition coefficient (Wildman–Crippen LogP) is 3.26. The molecule has 0 N–H and O–H groups in total. The van der Waals surface area contributed by atoms with Crippen LogP contribution in [-0.4, -0.2) is 36.2 Å². The molecule has 0 heterocycles. The number of aryl methyl sites for hydroxylation is 1. The van der Waals surface area contributed by atoms with Gasteiger partial charge in [-0.15, -0.1) is 0 Å². The van der Waals surface area contributed by atoms with Crippen LogP contribution in [0.15, 0.2) is 24.3 Å². The predicted molar refractivity (Wildman–Crippen MR) is 87.0 cm³/mol. The van der Waals surface area contributed by atoms with Gasteiger partial charge in [-0.3, -0.25) is 0 Å². The first-order valence-corrected chi connectivity index (χ1v) is 8.01. The quantitative estimate of drug-likeness (QED) is 0.799. The largest absolute Gasteiger partial charge is 0.466 e. The van der Waals surface area contributed by atoms with Gasteiger partial charge in [0.1, 0.15) is 0 Å². The Morgan fingerprint density at radius 3 is 2.30 bits per heavy atom. The number of ether oxygens (including phenoxy) is 2. The number of esters is 1. The number of fused-ring (bicyclic) bond motifs is 1. The van der Waals surface area contributed by atoms with Crippen molar-refractivity contribution in [1.82, 2.24) is 4.90 Å².